The molecule has 1 N–H and O–H groups in total. The van der Waals surface area contributed by atoms with E-state index in [2.05, 4.69) is 5.32 Å². The molecular formula is C24H27NO6. The summed E-state index contributed by atoms with van der Waals surface area (Å²) in [5.74, 6) is -0.0384. The second kappa shape index (κ2) is 11.0. The van der Waals surface area contributed by atoms with Crippen LogP contribution in [0.5, 0.6) is 11.5 Å². The number of esters is 1. The Kier molecular flexibility index (Phi) is 8.37. The van der Waals surface area contributed by atoms with Gasteiger partial charge in [-0.25, -0.2) is 4.79 Å². The van der Waals surface area contributed by atoms with Gasteiger partial charge in [0.05, 0.1) is 13.2 Å². The molecule has 0 radical (unpaired) electrons. The van der Waals surface area contributed by atoms with Gasteiger partial charge in [0.25, 0.3) is 5.91 Å². The molecule has 7 heteroatoms. The molecule has 0 aliphatic carbocycles. The van der Waals surface area contributed by atoms with Crippen molar-refractivity contribution in [3.8, 4) is 11.5 Å². The molecule has 1 amide bonds. The molecule has 0 aliphatic heterocycles. The fourth-order valence-electron chi connectivity index (χ4n) is 2.60. The number of hydrogen-bond donors (Lipinski definition) is 1. The highest BCUT2D eigenvalue weighted by Crippen LogP contribution is 2.29. The minimum absolute atomic E-state index is 0.00461. The van der Waals surface area contributed by atoms with Crippen molar-refractivity contribution in [2.75, 3.05) is 12.4 Å². The Morgan fingerprint density at radius 1 is 0.968 bits per heavy atom. The first kappa shape index (κ1) is 23.7. The zero-order valence-electron chi connectivity index (χ0n) is 18.3. The van der Waals surface area contributed by atoms with Crippen LogP contribution in [0.2, 0.25) is 0 Å². The molecule has 1 atom stereocenters. The third-order valence-corrected chi connectivity index (χ3v) is 4.18. The Hall–Kier alpha value is -3.61. The number of anilines is 1. The van der Waals surface area contributed by atoms with Gasteiger partial charge < -0.3 is 19.5 Å². The van der Waals surface area contributed by atoms with Gasteiger partial charge in [0, 0.05) is 17.3 Å². The molecule has 0 saturated carbocycles. The van der Waals surface area contributed by atoms with Gasteiger partial charge in [-0.1, -0.05) is 6.07 Å². The Labute approximate surface area is 182 Å². The summed E-state index contributed by atoms with van der Waals surface area (Å²) in [7, 11) is 1.54. The summed E-state index contributed by atoms with van der Waals surface area (Å²) in [6.45, 7) is 6.78. The van der Waals surface area contributed by atoms with Crippen molar-refractivity contribution in [3.05, 3.63) is 59.7 Å². The van der Waals surface area contributed by atoms with E-state index in [0.29, 0.717) is 28.3 Å². The van der Waals surface area contributed by atoms with Crippen LogP contribution in [0.1, 0.15) is 43.6 Å². The molecule has 2 rings (SSSR count). The molecule has 0 saturated heterocycles. The number of ketones is 1. The molecular weight excluding hydrogens is 398 g/mol. The molecule has 0 heterocycles. The van der Waals surface area contributed by atoms with Gasteiger partial charge in [-0.05, 0) is 75.7 Å². The monoisotopic (exact) mass is 425 g/mol. The van der Waals surface area contributed by atoms with Crippen LogP contribution in [-0.2, 0) is 14.3 Å². The number of benzene rings is 2. The van der Waals surface area contributed by atoms with Crippen molar-refractivity contribution in [2.45, 2.75) is 39.9 Å². The topological polar surface area (TPSA) is 90.9 Å². The first-order valence-electron chi connectivity index (χ1n) is 9.85. The quantitative estimate of drug-likeness (QED) is 0.367. The number of carbonyl (C=O) groups is 3. The number of amides is 1. The molecule has 2 aromatic rings. The molecule has 0 fully saturated rings. The molecule has 0 unspecified atom stereocenters. The summed E-state index contributed by atoms with van der Waals surface area (Å²) >= 11 is 0. The maximum Gasteiger partial charge on any atom is 0.331 e. The average Bonchev–Trinajstić information content (AvgIpc) is 2.72. The molecule has 0 spiro atoms. The minimum atomic E-state index is -0.999. The van der Waals surface area contributed by atoms with E-state index in [1.165, 1.54) is 27.0 Å². The molecule has 31 heavy (non-hydrogen) atoms. The number of carbonyl (C=O) groups excluding carboxylic acids is 3. The standard InChI is InChI=1S/C24H27NO6/c1-15(2)30-21-12-6-18(14-22(21)29-5)7-13-23(27)31-17(4)24(28)25-20-10-8-19(9-11-20)16(3)26/h6-15,17H,1-5H3,(H,25,28)/b13-7+/t17-/m1/s1. The van der Waals surface area contributed by atoms with Gasteiger partial charge in [0.1, 0.15) is 0 Å². The number of ether oxygens (including phenoxy) is 3. The van der Waals surface area contributed by atoms with Crippen molar-refractivity contribution in [2.24, 2.45) is 0 Å². The summed E-state index contributed by atoms with van der Waals surface area (Å²) in [5.41, 5.74) is 1.76. The van der Waals surface area contributed by atoms with Gasteiger partial charge in [0.15, 0.2) is 23.4 Å². The predicted molar refractivity (Wildman–Crippen MR) is 118 cm³/mol. The number of nitrogens with one attached hydrogen (secondary N) is 1. The van der Waals surface area contributed by atoms with Crippen LogP contribution in [0.25, 0.3) is 6.08 Å². The van der Waals surface area contributed by atoms with E-state index in [4.69, 9.17) is 14.2 Å². The first-order valence-corrected chi connectivity index (χ1v) is 9.85. The number of methoxy groups -OCH3 is 1. The summed E-state index contributed by atoms with van der Waals surface area (Å²) < 4.78 is 16.1. The Bertz CT molecular complexity index is 963. The molecule has 2 aromatic carbocycles. The van der Waals surface area contributed by atoms with E-state index >= 15 is 0 Å². The zero-order chi connectivity index (χ0) is 23.0. The Morgan fingerprint density at radius 3 is 2.23 bits per heavy atom. The number of rotatable bonds is 9. The highest BCUT2D eigenvalue weighted by molar-refractivity contribution is 5.98. The van der Waals surface area contributed by atoms with E-state index in [0.717, 1.165) is 0 Å². The maximum absolute atomic E-state index is 12.2. The molecule has 0 bridgehead atoms. The normalized spacial score (nSPS) is 11.8. The molecule has 0 aromatic heterocycles. The largest absolute Gasteiger partial charge is 0.493 e. The minimum Gasteiger partial charge on any atom is -0.493 e. The van der Waals surface area contributed by atoms with Crippen molar-refractivity contribution in [3.63, 3.8) is 0 Å². The van der Waals surface area contributed by atoms with Crippen LogP contribution < -0.4 is 14.8 Å². The summed E-state index contributed by atoms with van der Waals surface area (Å²) in [6.07, 6.45) is 1.81. The smallest absolute Gasteiger partial charge is 0.331 e. The lowest BCUT2D eigenvalue weighted by Gasteiger charge is -2.14. The average molecular weight is 425 g/mol. The Morgan fingerprint density at radius 2 is 1.65 bits per heavy atom. The molecule has 7 nitrogen and oxygen atoms in total. The van der Waals surface area contributed by atoms with Crippen molar-refractivity contribution < 1.29 is 28.6 Å². The van der Waals surface area contributed by atoms with Crippen molar-refractivity contribution >= 4 is 29.4 Å². The van der Waals surface area contributed by atoms with Crippen molar-refractivity contribution in [1.29, 1.82) is 0 Å². The lowest BCUT2D eigenvalue weighted by molar-refractivity contribution is -0.148. The SMILES string of the molecule is COc1cc(/C=C/C(=O)O[C@H](C)C(=O)Nc2ccc(C(C)=O)cc2)ccc1OC(C)C. The highest BCUT2D eigenvalue weighted by atomic mass is 16.5. The van der Waals surface area contributed by atoms with E-state index < -0.39 is 18.0 Å². The van der Waals surface area contributed by atoms with Crippen molar-refractivity contribution in [1.82, 2.24) is 0 Å². The van der Waals surface area contributed by atoms with E-state index in [1.54, 1.807) is 48.5 Å². The highest BCUT2D eigenvalue weighted by Gasteiger charge is 2.17. The number of hydrogen-bond acceptors (Lipinski definition) is 6. The maximum atomic E-state index is 12.2. The van der Waals surface area contributed by atoms with Crippen LogP contribution in [0.3, 0.4) is 0 Å². The fourth-order valence-corrected chi connectivity index (χ4v) is 2.60. The molecule has 0 aliphatic rings. The van der Waals surface area contributed by atoms with Gasteiger partial charge in [-0.3, -0.25) is 9.59 Å². The number of Topliss-reactive ketones (excluding diaryl/α,β-unsaturated/α-hetero) is 1. The zero-order valence-corrected chi connectivity index (χ0v) is 18.3. The van der Waals surface area contributed by atoms with E-state index in [9.17, 15) is 14.4 Å². The first-order chi connectivity index (χ1) is 14.7. The molecule has 164 valence electrons. The second-order valence-corrected chi connectivity index (χ2v) is 7.11. The van der Waals surface area contributed by atoms with Crippen LogP contribution in [0.4, 0.5) is 5.69 Å². The summed E-state index contributed by atoms with van der Waals surface area (Å²) in [4.78, 5) is 35.6. The summed E-state index contributed by atoms with van der Waals surface area (Å²) in [6, 6.07) is 11.7. The Balaban J connectivity index is 1.94. The summed E-state index contributed by atoms with van der Waals surface area (Å²) in [5, 5.41) is 2.64. The van der Waals surface area contributed by atoms with E-state index in [1.807, 2.05) is 13.8 Å². The fraction of sp³-hybridized carbons (Fsp3) is 0.292. The lowest BCUT2D eigenvalue weighted by Crippen LogP contribution is -2.29. The van der Waals surface area contributed by atoms with Gasteiger partial charge in [-0.2, -0.15) is 0 Å². The van der Waals surface area contributed by atoms with Crippen LogP contribution in [-0.4, -0.2) is 37.0 Å². The van der Waals surface area contributed by atoms with Gasteiger partial charge in [0.2, 0.25) is 0 Å². The predicted octanol–water partition coefficient (Wildman–Crippen LogP) is 4.27. The third kappa shape index (κ3) is 7.29. The van der Waals surface area contributed by atoms with Crippen LogP contribution in [0, 0.1) is 0 Å². The van der Waals surface area contributed by atoms with Crippen LogP contribution in [0.15, 0.2) is 48.5 Å². The van der Waals surface area contributed by atoms with Gasteiger partial charge in [-0.15, -0.1) is 0 Å². The third-order valence-electron chi connectivity index (χ3n) is 4.18. The second-order valence-electron chi connectivity index (χ2n) is 7.11. The van der Waals surface area contributed by atoms with Crippen LogP contribution >= 0.6 is 0 Å². The lowest BCUT2D eigenvalue weighted by atomic mass is 10.1. The van der Waals surface area contributed by atoms with E-state index in [-0.39, 0.29) is 11.9 Å². The van der Waals surface area contributed by atoms with Gasteiger partial charge >= 0.3 is 5.97 Å².